The maximum Gasteiger partial charge on any atom is 0.106 e. The van der Waals surface area contributed by atoms with Crippen LogP contribution in [0.5, 0.6) is 0 Å². The largest absolute Gasteiger partial charge is 0.379 e. The number of aromatic nitrogens is 1. The van der Waals surface area contributed by atoms with Crippen LogP contribution < -0.4 is 0 Å². The number of pyridine rings is 1. The van der Waals surface area contributed by atoms with E-state index in [0.29, 0.717) is 0 Å². The summed E-state index contributed by atoms with van der Waals surface area (Å²) >= 11 is 0. The van der Waals surface area contributed by atoms with E-state index in [4.69, 9.17) is 9.47 Å². The van der Waals surface area contributed by atoms with E-state index in [-0.39, 0.29) is 11.2 Å². The predicted molar refractivity (Wildman–Crippen MR) is 92.9 cm³/mol. The molecule has 3 nitrogen and oxygen atoms in total. The van der Waals surface area contributed by atoms with Gasteiger partial charge in [0.2, 0.25) is 0 Å². The van der Waals surface area contributed by atoms with E-state index >= 15 is 0 Å². The summed E-state index contributed by atoms with van der Waals surface area (Å²) in [5.74, 6) is 1.04. The highest BCUT2D eigenvalue weighted by molar-refractivity contribution is 8.76. The molecule has 1 aromatic rings. The molecular weight excluding hydrogens is 302 g/mol. The second-order valence-electron chi connectivity index (χ2n) is 6.15. The molecule has 0 aliphatic carbocycles. The first-order valence-electron chi connectivity index (χ1n) is 7.24. The van der Waals surface area contributed by atoms with Gasteiger partial charge in [0.25, 0.3) is 0 Å². The van der Waals surface area contributed by atoms with Crippen molar-refractivity contribution in [3.8, 4) is 0 Å². The van der Waals surface area contributed by atoms with Crippen molar-refractivity contribution in [3.63, 3.8) is 0 Å². The van der Waals surface area contributed by atoms with E-state index in [1.807, 2.05) is 35.2 Å². The summed E-state index contributed by atoms with van der Waals surface area (Å²) in [7, 11) is 5.30. The van der Waals surface area contributed by atoms with Gasteiger partial charge in [0, 0.05) is 19.1 Å². The van der Waals surface area contributed by atoms with Crippen molar-refractivity contribution in [2.24, 2.45) is 0 Å². The van der Waals surface area contributed by atoms with Crippen LogP contribution in [-0.4, -0.2) is 35.7 Å². The van der Waals surface area contributed by atoms with Crippen LogP contribution in [0.3, 0.4) is 0 Å². The maximum atomic E-state index is 6.00. The zero-order chi connectivity index (χ0) is 15.8. The molecule has 120 valence electrons. The monoisotopic (exact) mass is 329 g/mol. The van der Waals surface area contributed by atoms with Crippen LogP contribution in [0.1, 0.15) is 40.5 Å². The van der Waals surface area contributed by atoms with Crippen LogP contribution in [0.4, 0.5) is 0 Å². The molecule has 0 N–H and O–H groups in total. The van der Waals surface area contributed by atoms with Crippen molar-refractivity contribution in [2.45, 2.75) is 56.8 Å². The number of ether oxygens (including phenoxy) is 2. The summed E-state index contributed by atoms with van der Waals surface area (Å²) in [6.07, 6.45) is 3.75. The average Bonchev–Trinajstić information content (AvgIpc) is 2.44. The minimum absolute atomic E-state index is 0.0957. The minimum Gasteiger partial charge on any atom is -0.379 e. The van der Waals surface area contributed by atoms with Gasteiger partial charge < -0.3 is 9.47 Å². The Bertz CT molecular complexity index is 397. The van der Waals surface area contributed by atoms with Gasteiger partial charge in [-0.15, -0.1) is 0 Å². The SMILES string of the molecule is COC(C)(C)CCOC(C)(C)CCSSc1ccccn1. The lowest BCUT2D eigenvalue weighted by atomic mass is 10.0. The zero-order valence-corrected chi connectivity index (χ0v) is 15.4. The molecule has 1 heterocycles. The molecule has 1 rings (SSSR count). The van der Waals surface area contributed by atoms with Crippen molar-refractivity contribution in [1.29, 1.82) is 0 Å². The molecule has 5 heteroatoms. The molecule has 0 saturated heterocycles. The number of hydrogen-bond acceptors (Lipinski definition) is 5. The number of nitrogens with zero attached hydrogens (tertiary/aromatic N) is 1. The minimum atomic E-state index is -0.111. The van der Waals surface area contributed by atoms with E-state index < -0.39 is 0 Å². The molecule has 0 spiro atoms. The van der Waals surface area contributed by atoms with E-state index in [0.717, 1.165) is 30.2 Å². The second-order valence-corrected chi connectivity index (χ2v) is 8.58. The quantitative estimate of drug-likeness (QED) is 0.454. The van der Waals surface area contributed by atoms with Crippen molar-refractivity contribution in [1.82, 2.24) is 4.98 Å². The fraction of sp³-hybridized carbons (Fsp3) is 0.688. The first-order chi connectivity index (χ1) is 9.85. The van der Waals surface area contributed by atoms with Crippen LogP contribution in [0, 0.1) is 0 Å². The topological polar surface area (TPSA) is 31.4 Å². The maximum absolute atomic E-state index is 6.00. The van der Waals surface area contributed by atoms with Crippen LogP contribution >= 0.6 is 21.6 Å². The van der Waals surface area contributed by atoms with Gasteiger partial charge in [0.1, 0.15) is 5.03 Å². The third-order valence-corrected chi connectivity index (χ3v) is 5.59. The van der Waals surface area contributed by atoms with Gasteiger partial charge in [-0.3, -0.25) is 0 Å². The number of hydrogen-bond donors (Lipinski definition) is 0. The molecule has 0 aliphatic rings. The van der Waals surface area contributed by atoms with E-state index in [1.54, 1.807) is 17.9 Å². The van der Waals surface area contributed by atoms with Crippen molar-refractivity contribution in [3.05, 3.63) is 24.4 Å². The number of rotatable bonds is 10. The first-order valence-corrected chi connectivity index (χ1v) is 9.56. The van der Waals surface area contributed by atoms with Gasteiger partial charge in [-0.2, -0.15) is 0 Å². The van der Waals surface area contributed by atoms with Crippen LogP contribution in [0.15, 0.2) is 29.4 Å². The highest BCUT2D eigenvalue weighted by atomic mass is 33.1. The molecule has 0 unspecified atom stereocenters. The lowest BCUT2D eigenvalue weighted by Gasteiger charge is -2.28. The molecule has 1 aromatic heterocycles. The summed E-state index contributed by atoms with van der Waals surface area (Å²) in [6.45, 7) is 9.20. The summed E-state index contributed by atoms with van der Waals surface area (Å²) in [4.78, 5) is 4.30. The van der Waals surface area contributed by atoms with Gasteiger partial charge >= 0.3 is 0 Å². The lowest BCUT2D eigenvalue weighted by Crippen LogP contribution is -2.30. The van der Waals surface area contributed by atoms with Gasteiger partial charge in [-0.05, 0) is 63.5 Å². The molecule has 0 bridgehead atoms. The van der Waals surface area contributed by atoms with E-state index in [2.05, 4.69) is 32.7 Å². The van der Waals surface area contributed by atoms with Crippen LogP contribution in [0.2, 0.25) is 0 Å². The molecule has 21 heavy (non-hydrogen) atoms. The standard InChI is InChI=1S/C16H27NO2S2/c1-15(2,18-5)9-12-19-16(3,4)10-13-20-21-14-8-6-7-11-17-14/h6-8,11H,9-10,12-13H2,1-5H3. The highest BCUT2D eigenvalue weighted by Gasteiger charge is 2.21. The normalized spacial score (nSPS) is 12.6. The Labute approximate surface area is 137 Å². The predicted octanol–water partition coefficient (Wildman–Crippen LogP) is 4.82. The fourth-order valence-electron chi connectivity index (χ4n) is 1.53. The Morgan fingerprint density at radius 2 is 1.86 bits per heavy atom. The first kappa shape index (κ1) is 18.8. The Hall–Kier alpha value is -0.230. The Morgan fingerprint density at radius 1 is 1.10 bits per heavy atom. The van der Waals surface area contributed by atoms with Crippen LogP contribution in [0.25, 0.3) is 0 Å². The van der Waals surface area contributed by atoms with Crippen LogP contribution in [-0.2, 0) is 9.47 Å². The lowest BCUT2D eigenvalue weighted by molar-refractivity contribution is -0.0586. The summed E-state index contributed by atoms with van der Waals surface area (Å²) < 4.78 is 11.4. The van der Waals surface area contributed by atoms with Gasteiger partial charge in [0.15, 0.2) is 0 Å². The molecule has 0 radical (unpaired) electrons. The molecule has 0 aromatic carbocycles. The summed E-state index contributed by atoms with van der Waals surface area (Å²) in [5, 5.41) is 1.06. The van der Waals surface area contributed by atoms with Gasteiger partial charge in [0.05, 0.1) is 17.8 Å². The molecule has 0 fully saturated rings. The Morgan fingerprint density at radius 3 is 2.48 bits per heavy atom. The van der Waals surface area contributed by atoms with Crippen molar-refractivity contribution >= 4 is 21.6 Å². The Kier molecular flexibility index (Phi) is 8.09. The summed E-state index contributed by atoms with van der Waals surface area (Å²) in [6, 6.07) is 5.99. The molecule has 0 atom stereocenters. The third kappa shape index (κ3) is 8.71. The molecule has 0 amide bonds. The highest BCUT2D eigenvalue weighted by Crippen LogP contribution is 2.31. The van der Waals surface area contributed by atoms with E-state index in [1.165, 1.54) is 0 Å². The fourth-order valence-corrected chi connectivity index (χ4v) is 3.71. The molecule has 0 aliphatic heterocycles. The van der Waals surface area contributed by atoms with Gasteiger partial charge in [-0.1, -0.05) is 16.9 Å². The van der Waals surface area contributed by atoms with E-state index in [9.17, 15) is 0 Å². The number of methoxy groups -OCH3 is 1. The summed E-state index contributed by atoms with van der Waals surface area (Å²) in [5.41, 5.74) is -0.207. The third-order valence-electron chi connectivity index (χ3n) is 3.32. The zero-order valence-electron chi connectivity index (χ0n) is 13.7. The average molecular weight is 330 g/mol. The van der Waals surface area contributed by atoms with Crippen molar-refractivity contribution < 1.29 is 9.47 Å². The smallest absolute Gasteiger partial charge is 0.106 e. The second kappa shape index (κ2) is 9.03. The molecular formula is C16H27NO2S2. The molecule has 0 saturated carbocycles. The Balaban J connectivity index is 2.17. The van der Waals surface area contributed by atoms with Gasteiger partial charge in [-0.25, -0.2) is 4.98 Å². The van der Waals surface area contributed by atoms with Crippen molar-refractivity contribution in [2.75, 3.05) is 19.5 Å².